The molecule has 1 rings (SSSR count). The second-order valence-corrected chi connectivity index (χ2v) is 4.52. The minimum absolute atomic E-state index is 0.542. The molecule has 0 aromatic carbocycles. The second kappa shape index (κ2) is 5.36. The first-order chi connectivity index (χ1) is 5.06. The predicted molar refractivity (Wildman–Crippen MR) is 54.1 cm³/mol. The molecule has 1 aromatic rings. The topological polar surface area (TPSA) is 0 Å². The Morgan fingerprint density at radius 3 is 1.55 bits per heavy atom. The van der Waals surface area contributed by atoms with E-state index in [1.165, 1.54) is 6.42 Å². The summed E-state index contributed by atoms with van der Waals surface area (Å²) in [6.07, 6.45) is 1.27. The lowest BCUT2D eigenvalue weighted by atomic mass is 9.94. The molecule has 0 fully saturated rings. The highest BCUT2D eigenvalue weighted by molar-refractivity contribution is 7.07. The average Bonchev–Trinajstić information content (AvgIpc) is 2.41. The van der Waals surface area contributed by atoms with Crippen LogP contribution in [0, 0.1) is 5.41 Å². The van der Waals surface area contributed by atoms with Gasteiger partial charge in [0.05, 0.1) is 0 Å². The first kappa shape index (κ1) is 10.7. The summed E-state index contributed by atoms with van der Waals surface area (Å²) in [6.45, 7) is 8.94. The third-order valence-electron chi connectivity index (χ3n) is 1.49. The zero-order chi connectivity index (χ0) is 8.74. The molecule has 0 aliphatic heterocycles. The lowest BCUT2D eigenvalue weighted by Gasteiger charge is -2.12. The molecule has 0 saturated heterocycles. The Morgan fingerprint density at radius 2 is 1.45 bits per heavy atom. The van der Waals surface area contributed by atoms with Crippen molar-refractivity contribution >= 4 is 11.3 Å². The summed E-state index contributed by atoms with van der Waals surface area (Å²) >= 11 is 1.71. The maximum atomic E-state index is 2.24. The Balaban J connectivity index is 0.000000183. The largest absolute Gasteiger partial charge is 0.152 e. The molecule has 0 nitrogen and oxygen atoms in total. The second-order valence-electron chi connectivity index (χ2n) is 3.71. The molecule has 0 radical (unpaired) electrons. The van der Waals surface area contributed by atoms with Gasteiger partial charge in [-0.2, -0.15) is 11.3 Å². The summed E-state index contributed by atoms with van der Waals surface area (Å²) in [4.78, 5) is 0. The highest BCUT2D eigenvalue weighted by atomic mass is 32.1. The van der Waals surface area contributed by atoms with Crippen molar-refractivity contribution in [2.45, 2.75) is 34.1 Å². The van der Waals surface area contributed by atoms with Gasteiger partial charge in [0.15, 0.2) is 0 Å². The Labute approximate surface area is 74.3 Å². The normalized spacial score (nSPS) is 10.2. The van der Waals surface area contributed by atoms with Crippen LogP contribution in [0.5, 0.6) is 0 Å². The standard InChI is InChI=1S/C6H14.C4H4S/c1-5-6(2,3)4;1-2-4-5-3-1/h5H2,1-4H3;1-4H. The Hall–Kier alpha value is -0.300. The molecule has 0 atom stereocenters. The van der Waals surface area contributed by atoms with Crippen LogP contribution in [-0.2, 0) is 0 Å². The van der Waals surface area contributed by atoms with Gasteiger partial charge >= 0.3 is 0 Å². The van der Waals surface area contributed by atoms with Gasteiger partial charge in [0, 0.05) is 0 Å². The summed E-state index contributed by atoms with van der Waals surface area (Å²) < 4.78 is 0. The summed E-state index contributed by atoms with van der Waals surface area (Å²) in [7, 11) is 0. The van der Waals surface area contributed by atoms with E-state index in [4.69, 9.17) is 0 Å². The van der Waals surface area contributed by atoms with Crippen molar-refractivity contribution < 1.29 is 0 Å². The monoisotopic (exact) mass is 170 g/mol. The molecular weight excluding hydrogens is 152 g/mol. The molecular formula is C10H18S. The van der Waals surface area contributed by atoms with Gasteiger partial charge in [-0.25, -0.2) is 0 Å². The van der Waals surface area contributed by atoms with Crippen LogP contribution in [0.1, 0.15) is 34.1 Å². The van der Waals surface area contributed by atoms with Crippen LogP contribution >= 0.6 is 11.3 Å². The zero-order valence-corrected chi connectivity index (χ0v) is 8.74. The van der Waals surface area contributed by atoms with Gasteiger partial charge in [-0.15, -0.1) is 0 Å². The summed E-state index contributed by atoms with van der Waals surface area (Å²) in [6, 6.07) is 4.04. The quantitative estimate of drug-likeness (QED) is 0.547. The molecule has 11 heavy (non-hydrogen) atoms. The molecule has 0 N–H and O–H groups in total. The summed E-state index contributed by atoms with van der Waals surface area (Å²) in [5, 5.41) is 4.08. The predicted octanol–water partition coefficient (Wildman–Crippen LogP) is 4.19. The fraction of sp³-hybridized carbons (Fsp3) is 0.600. The van der Waals surface area contributed by atoms with Gasteiger partial charge < -0.3 is 0 Å². The lowest BCUT2D eigenvalue weighted by molar-refractivity contribution is 0.398. The lowest BCUT2D eigenvalue weighted by Crippen LogP contribution is -2.00. The van der Waals surface area contributed by atoms with Crippen LogP contribution in [0.15, 0.2) is 22.9 Å². The highest BCUT2D eigenvalue weighted by Gasteiger charge is 2.03. The van der Waals surface area contributed by atoms with Crippen molar-refractivity contribution in [3.8, 4) is 0 Å². The van der Waals surface area contributed by atoms with Crippen LogP contribution in [0.25, 0.3) is 0 Å². The van der Waals surface area contributed by atoms with Gasteiger partial charge in [0.25, 0.3) is 0 Å². The number of thiophene rings is 1. The molecule has 0 aliphatic carbocycles. The fourth-order valence-corrected chi connectivity index (χ4v) is 0.680. The zero-order valence-electron chi connectivity index (χ0n) is 7.92. The van der Waals surface area contributed by atoms with Crippen molar-refractivity contribution in [2.24, 2.45) is 5.41 Å². The van der Waals surface area contributed by atoms with E-state index < -0.39 is 0 Å². The van der Waals surface area contributed by atoms with E-state index >= 15 is 0 Å². The van der Waals surface area contributed by atoms with Gasteiger partial charge in [-0.1, -0.05) is 46.2 Å². The van der Waals surface area contributed by atoms with E-state index in [1.807, 2.05) is 22.9 Å². The van der Waals surface area contributed by atoms with E-state index in [2.05, 4.69) is 27.7 Å². The molecule has 1 heterocycles. The molecule has 0 unspecified atom stereocenters. The van der Waals surface area contributed by atoms with Crippen LogP contribution in [0.3, 0.4) is 0 Å². The molecule has 1 heteroatoms. The Morgan fingerprint density at radius 1 is 1.09 bits per heavy atom. The van der Waals surface area contributed by atoms with Crippen LogP contribution in [-0.4, -0.2) is 0 Å². The number of hydrogen-bond acceptors (Lipinski definition) is 1. The summed E-state index contributed by atoms with van der Waals surface area (Å²) in [5.41, 5.74) is 0.542. The molecule has 0 saturated carbocycles. The SMILES string of the molecule is CCC(C)(C)C.c1ccsc1. The van der Waals surface area contributed by atoms with Crippen molar-refractivity contribution in [3.63, 3.8) is 0 Å². The van der Waals surface area contributed by atoms with E-state index in [9.17, 15) is 0 Å². The van der Waals surface area contributed by atoms with E-state index in [0.717, 1.165) is 0 Å². The molecule has 0 amide bonds. The van der Waals surface area contributed by atoms with Gasteiger partial charge in [-0.3, -0.25) is 0 Å². The maximum absolute atomic E-state index is 2.24. The molecule has 1 aromatic heterocycles. The molecule has 0 bridgehead atoms. The Kier molecular flexibility index (Phi) is 5.22. The van der Waals surface area contributed by atoms with Gasteiger partial charge in [-0.05, 0) is 16.2 Å². The average molecular weight is 170 g/mol. The van der Waals surface area contributed by atoms with Crippen LogP contribution < -0.4 is 0 Å². The fourth-order valence-electron chi connectivity index (χ4n) is 0.227. The smallest absolute Gasteiger partial charge is 0.00934 e. The molecule has 64 valence electrons. The van der Waals surface area contributed by atoms with E-state index in [1.54, 1.807) is 11.3 Å². The minimum atomic E-state index is 0.542. The number of hydrogen-bond donors (Lipinski definition) is 0. The summed E-state index contributed by atoms with van der Waals surface area (Å²) in [5.74, 6) is 0. The number of rotatable bonds is 0. The maximum Gasteiger partial charge on any atom is -0.00934 e. The third-order valence-corrected chi connectivity index (χ3v) is 2.11. The highest BCUT2D eigenvalue weighted by Crippen LogP contribution is 2.16. The third kappa shape index (κ3) is 9.70. The first-order valence-corrected chi connectivity index (χ1v) is 4.97. The molecule has 0 spiro atoms. The van der Waals surface area contributed by atoms with Crippen LogP contribution in [0.2, 0.25) is 0 Å². The Bertz CT molecular complexity index is 129. The van der Waals surface area contributed by atoms with Crippen molar-refractivity contribution in [2.75, 3.05) is 0 Å². The van der Waals surface area contributed by atoms with Crippen molar-refractivity contribution in [3.05, 3.63) is 22.9 Å². The van der Waals surface area contributed by atoms with Crippen molar-refractivity contribution in [1.82, 2.24) is 0 Å². The van der Waals surface area contributed by atoms with Crippen molar-refractivity contribution in [1.29, 1.82) is 0 Å². The van der Waals surface area contributed by atoms with E-state index in [-0.39, 0.29) is 0 Å². The van der Waals surface area contributed by atoms with Gasteiger partial charge in [0.1, 0.15) is 0 Å². The van der Waals surface area contributed by atoms with E-state index in [0.29, 0.717) is 5.41 Å². The first-order valence-electron chi connectivity index (χ1n) is 4.03. The van der Waals surface area contributed by atoms with Crippen LogP contribution in [0.4, 0.5) is 0 Å². The van der Waals surface area contributed by atoms with Gasteiger partial charge in [0.2, 0.25) is 0 Å². The molecule has 0 aliphatic rings. The minimum Gasteiger partial charge on any atom is -0.152 e.